The molecular formula is C20H17N3O8S. The average Bonchev–Trinajstić information content (AvgIpc) is 3.03. The minimum absolute atomic E-state index is 0.133. The van der Waals surface area contributed by atoms with E-state index in [1.165, 1.54) is 25.3 Å². The van der Waals surface area contributed by atoms with Crippen LogP contribution in [-0.2, 0) is 14.3 Å². The Balaban J connectivity index is 1.82. The molecule has 0 spiro atoms. The maximum absolute atomic E-state index is 12.5. The third-order valence-corrected chi connectivity index (χ3v) is 5.01. The molecule has 1 aromatic carbocycles. The van der Waals surface area contributed by atoms with Crippen molar-refractivity contribution in [3.05, 3.63) is 57.1 Å². The number of aromatic nitrogens is 1. The number of rotatable bonds is 8. The molecule has 0 saturated carbocycles. The Hall–Kier alpha value is -3.93. The maximum Gasteiger partial charge on any atom is 0.325 e. The summed E-state index contributed by atoms with van der Waals surface area (Å²) in [5.41, 5.74) is 0.389. The Labute approximate surface area is 186 Å². The number of thioether (sulfide) groups is 1. The van der Waals surface area contributed by atoms with Gasteiger partial charge >= 0.3 is 5.97 Å². The van der Waals surface area contributed by atoms with E-state index in [1.807, 2.05) is 0 Å². The van der Waals surface area contributed by atoms with Crippen molar-refractivity contribution >= 4 is 40.6 Å². The van der Waals surface area contributed by atoms with Crippen molar-refractivity contribution in [3.63, 3.8) is 0 Å². The zero-order chi connectivity index (χ0) is 23.3. The van der Waals surface area contributed by atoms with E-state index in [4.69, 9.17) is 9.47 Å². The molecule has 3 rings (SSSR count). The molecule has 0 radical (unpaired) electrons. The molecule has 1 saturated heterocycles. The molecule has 0 bridgehead atoms. The molecule has 11 nitrogen and oxygen atoms in total. The van der Waals surface area contributed by atoms with Gasteiger partial charge in [-0.1, -0.05) is 6.07 Å². The van der Waals surface area contributed by atoms with Crippen LogP contribution in [0.2, 0.25) is 0 Å². The summed E-state index contributed by atoms with van der Waals surface area (Å²) >= 11 is 0.712. The lowest BCUT2D eigenvalue weighted by molar-refractivity contribution is -0.385. The van der Waals surface area contributed by atoms with Crippen molar-refractivity contribution in [2.24, 2.45) is 0 Å². The van der Waals surface area contributed by atoms with E-state index in [9.17, 15) is 24.5 Å². The molecule has 2 heterocycles. The molecule has 2 aromatic rings. The zero-order valence-electron chi connectivity index (χ0n) is 17.0. The van der Waals surface area contributed by atoms with Gasteiger partial charge in [-0.25, -0.2) is 4.98 Å². The highest BCUT2D eigenvalue weighted by Crippen LogP contribution is 2.36. The van der Waals surface area contributed by atoms with Crippen molar-refractivity contribution in [3.8, 4) is 17.4 Å². The molecule has 0 aliphatic carbocycles. The Bertz CT molecular complexity index is 1100. The van der Waals surface area contributed by atoms with Crippen molar-refractivity contribution in [2.75, 3.05) is 20.3 Å². The summed E-state index contributed by atoms with van der Waals surface area (Å²) in [6.45, 7) is 1.64. The molecular weight excluding hydrogens is 442 g/mol. The van der Waals surface area contributed by atoms with E-state index in [0.29, 0.717) is 35.4 Å². The first-order chi connectivity index (χ1) is 15.3. The van der Waals surface area contributed by atoms with E-state index in [0.717, 1.165) is 11.1 Å². The quantitative estimate of drug-likeness (QED) is 0.250. The van der Waals surface area contributed by atoms with Crippen LogP contribution in [0.25, 0.3) is 6.08 Å². The summed E-state index contributed by atoms with van der Waals surface area (Å²) in [5.74, 6) is -0.514. The van der Waals surface area contributed by atoms with Crippen molar-refractivity contribution < 1.29 is 33.5 Å². The van der Waals surface area contributed by atoms with Gasteiger partial charge in [0.2, 0.25) is 5.88 Å². The lowest BCUT2D eigenvalue weighted by Crippen LogP contribution is -2.34. The molecule has 1 aliphatic heterocycles. The highest BCUT2D eigenvalue weighted by atomic mass is 32.2. The fourth-order valence-corrected chi connectivity index (χ4v) is 3.44. The summed E-state index contributed by atoms with van der Waals surface area (Å²) in [4.78, 5) is 51.0. The Morgan fingerprint density at radius 3 is 2.66 bits per heavy atom. The monoisotopic (exact) mass is 459 g/mol. The standard InChI is InChI=1S/C20H17N3O8S/c1-3-30-15-8-12(9-16-19(25)22(20(26)32-16)11-18(24)29-2)4-6-14(15)31-17-7-5-13(10-21-17)23(27)28/h4-10H,3,11H2,1-2H3/b16-9-. The highest BCUT2D eigenvalue weighted by Gasteiger charge is 2.36. The van der Waals surface area contributed by atoms with E-state index in [1.54, 1.807) is 25.1 Å². The van der Waals surface area contributed by atoms with Crippen molar-refractivity contribution in [1.29, 1.82) is 0 Å². The van der Waals surface area contributed by atoms with Gasteiger partial charge in [0.25, 0.3) is 16.8 Å². The topological polar surface area (TPSA) is 138 Å². The summed E-state index contributed by atoms with van der Waals surface area (Å²) in [6, 6.07) is 7.45. The summed E-state index contributed by atoms with van der Waals surface area (Å²) < 4.78 is 15.8. The smallest absolute Gasteiger partial charge is 0.325 e. The number of nitro groups is 1. The van der Waals surface area contributed by atoms with Gasteiger partial charge in [-0.05, 0) is 42.5 Å². The number of nitrogens with zero attached hydrogens (tertiary/aromatic N) is 3. The number of hydrogen-bond acceptors (Lipinski definition) is 10. The average molecular weight is 459 g/mol. The third kappa shape index (κ3) is 5.21. The van der Waals surface area contributed by atoms with E-state index < -0.39 is 28.6 Å². The second kappa shape index (κ2) is 9.92. The normalized spacial score (nSPS) is 14.6. The first-order valence-corrected chi connectivity index (χ1v) is 10.0. The SMILES string of the molecule is CCOc1cc(/C=C2\SC(=O)N(CC(=O)OC)C2=O)ccc1Oc1ccc([N+](=O)[O-])cn1. The van der Waals surface area contributed by atoms with Crippen molar-refractivity contribution in [1.82, 2.24) is 9.88 Å². The van der Waals surface area contributed by atoms with Crippen LogP contribution in [0.1, 0.15) is 12.5 Å². The lowest BCUT2D eigenvalue weighted by Gasteiger charge is -2.12. The van der Waals surface area contributed by atoms with Gasteiger partial charge in [0, 0.05) is 12.1 Å². The minimum Gasteiger partial charge on any atom is -0.490 e. The van der Waals surface area contributed by atoms with Crippen LogP contribution in [0.4, 0.5) is 10.5 Å². The highest BCUT2D eigenvalue weighted by molar-refractivity contribution is 8.18. The van der Waals surface area contributed by atoms with Gasteiger partial charge in [0.1, 0.15) is 12.7 Å². The van der Waals surface area contributed by atoms with Gasteiger partial charge in [-0.3, -0.25) is 29.4 Å². The maximum atomic E-state index is 12.5. The Morgan fingerprint density at radius 2 is 2.03 bits per heavy atom. The predicted molar refractivity (Wildman–Crippen MR) is 113 cm³/mol. The fraction of sp³-hybridized carbons (Fsp3) is 0.200. The van der Waals surface area contributed by atoms with E-state index >= 15 is 0 Å². The fourth-order valence-electron chi connectivity index (χ4n) is 2.60. The van der Waals surface area contributed by atoms with Crippen LogP contribution in [-0.4, -0.2) is 52.2 Å². The molecule has 0 unspecified atom stereocenters. The Morgan fingerprint density at radius 1 is 1.25 bits per heavy atom. The number of methoxy groups -OCH3 is 1. The summed E-state index contributed by atoms with van der Waals surface area (Å²) in [7, 11) is 1.17. The molecule has 166 valence electrons. The van der Waals surface area contributed by atoms with Gasteiger partial charge in [0.05, 0.1) is 23.5 Å². The van der Waals surface area contributed by atoms with Gasteiger partial charge in [0.15, 0.2) is 11.5 Å². The van der Waals surface area contributed by atoms with Crippen LogP contribution in [0.3, 0.4) is 0 Å². The summed E-state index contributed by atoms with van der Waals surface area (Å²) in [5, 5.41) is 10.2. The summed E-state index contributed by atoms with van der Waals surface area (Å²) in [6.07, 6.45) is 2.58. The molecule has 0 N–H and O–H groups in total. The van der Waals surface area contributed by atoms with Gasteiger partial charge in [-0.15, -0.1) is 0 Å². The lowest BCUT2D eigenvalue weighted by atomic mass is 10.2. The molecule has 2 amide bonds. The van der Waals surface area contributed by atoms with Gasteiger partial charge < -0.3 is 14.2 Å². The number of imide groups is 1. The number of hydrogen-bond donors (Lipinski definition) is 0. The minimum atomic E-state index is -0.700. The third-order valence-electron chi connectivity index (χ3n) is 4.10. The number of benzene rings is 1. The number of carbonyl (C=O) groups is 3. The van der Waals surface area contributed by atoms with Crippen molar-refractivity contribution in [2.45, 2.75) is 6.92 Å². The van der Waals surface area contributed by atoms with E-state index in [-0.39, 0.29) is 16.5 Å². The Kier molecular flexibility index (Phi) is 7.05. The number of ether oxygens (including phenoxy) is 3. The van der Waals surface area contributed by atoms with Crippen LogP contribution in [0, 0.1) is 10.1 Å². The zero-order valence-corrected chi connectivity index (χ0v) is 17.8. The second-order valence-electron chi connectivity index (χ2n) is 6.20. The molecule has 1 aromatic heterocycles. The van der Waals surface area contributed by atoms with E-state index in [2.05, 4.69) is 9.72 Å². The molecule has 12 heteroatoms. The molecule has 1 aliphatic rings. The van der Waals surface area contributed by atoms with Crippen LogP contribution in [0.15, 0.2) is 41.4 Å². The van der Waals surface area contributed by atoms with Gasteiger partial charge in [-0.2, -0.15) is 0 Å². The molecule has 1 fully saturated rings. The van der Waals surface area contributed by atoms with Crippen LogP contribution in [0.5, 0.6) is 17.4 Å². The van der Waals surface area contributed by atoms with Crippen LogP contribution < -0.4 is 9.47 Å². The molecule has 0 atom stereocenters. The first kappa shape index (κ1) is 22.7. The number of amides is 2. The number of pyridine rings is 1. The predicted octanol–water partition coefficient (Wildman–Crippen LogP) is 3.39. The molecule has 32 heavy (non-hydrogen) atoms. The van der Waals surface area contributed by atoms with Crippen LogP contribution >= 0.6 is 11.8 Å². The number of esters is 1. The second-order valence-corrected chi connectivity index (χ2v) is 7.19. The number of carbonyl (C=O) groups excluding carboxylic acids is 3. The first-order valence-electron chi connectivity index (χ1n) is 9.19. The largest absolute Gasteiger partial charge is 0.490 e.